The van der Waals surface area contributed by atoms with Crippen LogP contribution in [-0.2, 0) is 9.47 Å². The quantitative estimate of drug-likeness (QED) is 0.794. The van der Waals surface area contributed by atoms with Crippen LogP contribution >= 0.6 is 0 Å². The Kier molecular flexibility index (Phi) is 3.80. The van der Waals surface area contributed by atoms with Gasteiger partial charge in [0, 0.05) is 18.2 Å². The molecule has 0 spiro atoms. The van der Waals surface area contributed by atoms with Crippen LogP contribution in [0.5, 0.6) is 0 Å². The van der Waals surface area contributed by atoms with Crippen LogP contribution in [0.2, 0.25) is 0 Å². The molecule has 0 bridgehead atoms. The third-order valence-electron chi connectivity index (χ3n) is 2.99. The van der Waals surface area contributed by atoms with E-state index in [1.165, 1.54) is 0 Å². The van der Waals surface area contributed by atoms with E-state index in [1.54, 1.807) is 0 Å². The predicted molar refractivity (Wildman–Crippen MR) is 64.1 cm³/mol. The summed E-state index contributed by atoms with van der Waals surface area (Å²) in [4.78, 5) is 0. The molecule has 1 aromatic carbocycles. The summed E-state index contributed by atoms with van der Waals surface area (Å²) in [5.74, 6) is 0.559. The second-order valence-electron chi connectivity index (χ2n) is 4.38. The van der Waals surface area contributed by atoms with Gasteiger partial charge in [-0.25, -0.2) is 0 Å². The van der Waals surface area contributed by atoms with Crippen molar-refractivity contribution in [3.63, 3.8) is 0 Å². The van der Waals surface area contributed by atoms with Gasteiger partial charge in [0.25, 0.3) is 0 Å². The summed E-state index contributed by atoms with van der Waals surface area (Å²) in [6, 6.07) is 7.87. The fourth-order valence-electron chi connectivity index (χ4n) is 1.90. The molecule has 2 rings (SSSR count). The Bertz CT molecular complexity index is 334. The highest BCUT2D eigenvalue weighted by atomic mass is 16.5. The number of hydrogen-bond donors (Lipinski definition) is 1. The van der Waals surface area contributed by atoms with Crippen molar-refractivity contribution in [2.24, 2.45) is 5.92 Å². The summed E-state index contributed by atoms with van der Waals surface area (Å²) in [5, 5.41) is 0. The van der Waals surface area contributed by atoms with Gasteiger partial charge in [-0.2, -0.15) is 0 Å². The average Bonchev–Trinajstić information content (AvgIpc) is 2.78. The van der Waals surface area contributed by atoms with Gasteiger partial charge in [0.15, 0.2) is 0 Å². The molecule has 2 unspecified atom stereocenters. The van der Waals surface area contributed by atoms with E-state index in [2.05, 4.69) is 6.92 Å². The largest absolute Gasteiger partial charge is 0.399 e. The maximum absolute atomic E-state index is 5.83. The van der Waals surface area contributed by atoms with Gasteiger partial charge in [-0.1, -0.05) is 12.1 Å². The Morgan fingerprint density at radius 1 is 1.56 bits per heavy atom. The number of anilines is 1. The van der Waals surface area contributed by atoms with Crippen LogP contribution in [-0.4, -0.2) is 19.8 Å². The Morgan fingerprint density at radius 3 is 3.12 bits per heavy atom. The molecule has 0 saturated carbocycles. The molecule has 1 saturated heterocycles. The molecule has 0 aromatic heterocycles. The minimum absolute atomic E-state index is 0.101. The lowest BCUT2D eigenvalue weighted by atomic mass is 10.1. The number of nitrogens with two attached hydrogens (primary N) is 1. The summed E-state index contributed by atoms with van der Waals surface area (Å²) >= 11 is 0. The number of benzene rings is 1. The van der Waals surface area contributed by atoms with Crippen LogP contribution in [0.15, 0.2) is 24.3 Å². The van der Waals surface area contributed by atoms with Gasteiger partial charge in [-0.05, 0) is 31.0 Å². The molecule has 0 amide bonds. The SMILES string of the molecule is CC(OCC1CCOC1)c1cccc(N)c1. The molecule has 3 heteroatoms. The zero-order valence-electron chi connectivity index (χ0n) is 9.69. The molecule has 88 valence electrons. The Labute approximate surface area is 96.5 Å². The first-order chi connectivity index (χ1) is 7.75. The molecule has 0 radical (unpaired) electrons. The van der Waals surface area contributed by atoms with E-state index in [-0.39, 0.29) is 6.10 Å². The monoisotopic (exact) mass is 221 g/mol. The predicted octanol–water partition coefficient (Wildman–Crippen LogP) is 2.38. The fraction of sp³-hybridized carbons (Fsp3) is 0.538. The van der Waals surface area contributed by atoms with E-state index in [0.29, 0.717) is 5.92 Å². The van der Waals surface area contributed by atoms with E-state index in [1.807, 2.05) is 24.3 Å². The van der Waals surface area contributed by atoms with Crippen molar-refractivity contribution in [2.75, 3.05) is 25.6 Å². The average molecular weight is 221 g/mol. The number of rotatable bonds is 4. The second kappa shape index (κ2) is 5.32. The lowest BCUT2D eigenvalue weighted by Gasteiger charge is -2.16. The molecule has 1 aromatic rings. The standard InChI is InChI=1S/C13H19NO2/c1-10(12-3-2-4-13(14)7-12)16-9-11-5-6-15-8-11/h2-4,7,10-11H,5-6,8-9,14H2,1H3. The lowest BCUT2D eigenvalue weighted by Crippen LogP contribution is -2.11. The van der Waals surface area contributed by atoms with Crippen LogP contribution < -0.4 is 5.73 Å². The Morgan fingerprint density at radius 2 is 2.44 bits per heavy atom. The highest BCUT2D eigenvalue weighted by Gasteiger charge is 2.17. The van der Waals surface area contributed by atoms with E-state index < -0.39 is 0 Å². The summed E-state index contributed by atoms with van der Waals surface area (Å²) in [7, 11) is 0. The van der Waals surface area contributed by atoms with Crippen molar-refractivity contribution in [3.05, 3.63) is 29.8 Å². The summed E-state index contributed by atoms with van der Waals surface area (Å²) in [6.07, 6.45) is 1.22. The summed E-state index contributed by atoms with van der Waals surface area (Å²) in [5.41, 5.74) is 7.67. The first kappa shape index (κ1) is 11.4. The molecule has 1 heterocycles. The summed E-state index contributed by atoms with van der Waals surface area (Å²) in [6.45, 7) is 4.55. The Balaban J connectivity index is 1.85. The highest BCUT2D eigenvalue weighted by Crippen LogP contribution is 2.21. The lowest BCUT2D eigenvalue weighted by molar-refractivity contribution is 0.0359. The smallest absolute Gasteiger partial charge is 0.0797 e. The number of hydrogen-bond acceptors (Lipinski definition) is 3. The molecule has 1 aliphatic rings. The van der Waals surface area contributed by atoms with Crippen molar-refractivity contribution in [2.45, 2.75) is 19.4 Å². The zero-order valence-corrected chi connectivity index (χ0v) is 9.69. The number of ether oxygens (including phenoxy) is 2. The second-order valence-corrected chi connectivity index (χ2v) is 4.38. The first-order valence-electron chi connectivity index (χ1n) is 5.80. The normalized spacial score (nSPS) is 22.2. The van der Waals surface area contributed by atoms with E-state index in [4.69, 9.17) is 15.2 Å². The van der Waals surface area contributed by atoms with Crippen molar-refractivity contribution in [1.82, 2.24) is 0 Å². The fourth-order valence-corrected chi connectivity index (χ4v) is 1.90. The Hall–Kier alpha value is -1.06. The third kappa shape index (κ3) is 2.97. The molecule has 2 N–H and O–H groups in total. The van der Waals surface area contributed by atoms with Gasteiger partial charge in [0.1, 0.15) is 0 Å². The highest BCUT2D eigenvalue weighted by molar-refractivity contribution is 5.41. The molecule has 1 aliphatic heterocycles. The minimum Gasteiger partial charge on any atom is -0.399 e. The van der Waals surface area contributed by atoms with Crippen LogP contribution in [0.3, 0.4) is 0 Å². The molecular formula is C13H19NO2. The van der Waals surface area contributed by atoms with E-state index in [9.17, 15) is 0 Å². The maximum Gasteiger partial charge on any atom is 0.0797 e. The summed E-state index contributed by atoms with van der Waals surface area (Å²) < 4.78 is 11.1. The van der Waals surface area contributed by atoms with Gasteiger partial charge in [-0.15, -0.1) is 0 Å². The topological polar surface area (TPSA) is 44.5 Å². The molecule has 16 heavy (non-hydrogen) atoms. The van der Waals surface area contributed by atoms with E-state index >= 15 is 0 Å². The van der Waals surface area contributed by atoms with Crippen molar-refractivity contribution < 1.29 is 9.47 Å². The van der Waals surface area contributed by atoms with Crippen molar-refractivity contribution >= 4 is 5.69 Å². The van der Waals surface area contributed by atoms with Crippen LogP contribution in [0.25, 0.3) is 0 Å². The van der Waals surface area contributed by atoms with Crippen molar-refractivity contribution in [3.8, 4) is 0 Å². The number of nitrogen functional groups attached to an aromatic ring is 1. The molecule has 3 nitrogen and oxygen atoms in total. The van der Waals surface area contributed by atoms with Crippen LogP contribution in [0.4, 0.5) is 5.69 Å². The van der Waals surface area contributed by atoms with Gasteiger partial charge in [-0.3, -0.25) is 0 Å². The molecular weight excluding hydrogens is 202 g/mol. The van der Waals surface area contributed by atoms with Crippen LogP contribution in [0.1, 0.15) is 25.0 Å². The minimum atomic E-state index is 0.101. The van der Waals surface area contributed by atoms with Gasteiger partial charge in [0.05, 0.1) is 19.3 Å². The zero-order chi connectivity index (χ0) is 11.4. The maximum atomic E-state index is 5.83. The molecule has 2 atom stereocenters. The molecule has 1 fully saturated rings. The third-order valence-corrected chi connectivity index (χ3v) is 2.99. The van der Waals surface area contributed by atoms with Crippen LogP contribution in [0, 0.1) is 5.92 Å². The first-order valence-corrected chi connectivity index (χ1v) is 5.80. The van der Waals surface area contributed by atoms with Gasteiger partial charge < -0.3 is 15.2 Å². The van der Waals surface area contributed by atoms with E-state index in [0.717, 1.165) is 37.5 Å². The molecule has 0 aliphatic carbocycles. The van der Waals surface area contributed by atoms with Crippen molar-refractivity contribution in [1.29, 1.82) is 0 Å². The van der Waals surface area contributed by atoms with Gasteiger partial charge in [0.2, 0.25) is 0 Å². The van der Waals surface area contributed by atoms with Gasteiger partial charge >= 0.3 is 0 Å².